The predicted molar refractivity (Wildman–Crippen MR) is 65.8 cm³/mol. The number of hydrogen-bond donors (Lipinski definition) is 0. The summed E-state index contributed by atoms with van der Waals surface area (Å²) in [5.74, 6) is -0.268. The fourth-order valence-corrected chi connectivity index (χ4v) is 2.20. The van der Waals surface area contributed by atoms with Gasteiger partial charge in [-0.1, -0.05) is 0 Å². The minimum absolute atomic E-state index is 0.0824. The van der Waals surface area contributed by atoms with E-state index in [0.29, 0.717) is 5.71 Å². The molecule has 1 aromatic rings. The molecule has 0 saturated heterocycles. The maximum atomic E-state index is 11.7. The third kappa shape index (κ3) is 2.76. The molecule has 2 heterocycles. The van der Waals surface area contributed by atoms with Crippen molar-refractivity contribution in [3.05, 3.63) is 18.0 Å². The summed E-state index contributed by atoms with van der Waals surface area (Å²) in [7, 11) is -1.33. The highest BCUT2D eigenvalue weighted by molar-refractivity contribution is 7.90. The molecular formula is C10H14N4O3S. The maximum absolute atomic E-state index is 11.7. The number of carbonyl (C=O) groups is 1. The van der Waals surface area contributed by atoms with E-state index >= 15 is 0 Å². The van der Waals surface area contributed by atoms with E-state index < -0.39 is 9.84 Å². The Kier molecular flexibility index (Phi) is 3.20. The van der Waals surface area contributed by atoms with Crippen molar-refractivity contribution in [3.63, 3.8) is 0 Å². The van der Waals surface area contributed by atoms with Gasteiger partial charge in [0.1, 0.15) is 9.84 Å². The number of rotatable bonds is 4. The smallest absolute Gasteiger partial charge is 0.248 e. The van der Waals surface area contributed by atoms with E-state index in [0.717, 1.165) is 11.9 Å². The molecule has 1 aromatic heterocycles. The molecule has 0 N–H and O–H groups in total. The number of hydrazone groups is 1. The van der Waals surface area contributed by atoms with Gasteiger partial charge in [-0.25, -0.2) is 13.4 Å². The van der Waals surface area contributed by atoms with Gasteiger partial charge in [0.05, 0.1) is 30.1 Å². The number of aryl methyl sites for hydroxylation is 1. The molecule has 0 atom stereocenters. The molecule has 0 bridgehead atoms. The molecule has 1 amide bonds. The zero-order chi connectivity index (χ0) is 13.3. The van der Waals surface area contributed by atoms with Gasteiger partial charge < -0.3 is 0 Å². The van der Waals surface area contributed by atoms with Crippen LogP contribution in [-0.2, 0) is 21.7 Å². The van der Waals surface area contributed by atoms with Crippen LogP contribution in [0.3, 0.4) is 0 Å². The normalized spacial score (nSPS) is 16.2. The summed E-state index contributed by atoms with van der Waals surface area (Å²) in [6.45, 7) is 0.0962. The predicted octanol–water partition coefficient (Wildman–Crippen LogP) is -0.599. The van der Waals surface area contributed by atoms with Crippen molar-refractivity contribution in [3.8, 4) is 0 Å². The second-order valence-electron chi connectivity index (χ2n) is 4.21. The zero-order valence-electron chi connectivity index (χ0n) is 10.2. The van der Waals surface area contributed by atoms with Crippen molar-refractivity contribution in [2.75, 3.05) is 18.6 Å². The van der Waals surface area contributed by atoms with E-state index in [1.165, 1.54) is 5.01 Å². The molecule has 7 nitrogen and oxygen atoms in total. The zero-order valence-corrected chi connectivity index (χ0v) is 11.0. The number of carbonyl (C=O) groups excluding carboxylic acids is 1. The van der Waals surface area contributed by atoms with Crippen LogP contribution < -0.4 is 0 Å². The van der Waals surface area contributed by atoms with Crippen LogP contribution in [-0.4, -0.2) is 53.4 Å². The van der Waals surface area contributed by atoms with Crippen LogP contribution >= 0.6 is 0 Å². The first-order valence-electron chi connectivity index (χ1n) is 5.41. The quantitative estimate of drug-likeness (QED) is 0.731. The summed E-state index contributed by atoms with van der Waals surface area (Å²) in [6, 6.07) is 1.77. The highest BCUT2D eigenvalue weighted by atomic mass is 32.2. The van der Waals surface area contributed by atoms with E-state index in [1.54, 1.807) is 24.0 Å². The van der Waals surface area contributed by atoms with Gasteiger partial charge in [-0.05, 0) is 6.07 Å². The van der Waals surface area contributed by atoms with Gasteiger partial charge >= 0.3 is 0 Å². The summed E-state index contributed by atoms with van der Waals surface area (Å²) >= 11 is 0. The highest BCUT2D eigenvalue weighted by Gasteiger charge is 2.26. The second-order valence-corrected chi connectivity index (χ2v) is 6.47. The molecule has 2 rings (SSSR count). The molecule has 0 fully saturated rings. The Morgan fingerprint density at radius 2 is 2.17 bits per heavy atom. The Morgan fingerprint density at radius 3 is 2.72 bits per heavy atom. The lowest BCUT2D eigenvalue weighted by Crippen LogP contribution is -2.26. The maximum Gasteiger partial charge on any atom is 0.248 e. The molecular weight excluding hydrogens is 256 g/mol. The van der Waals surface area contributed by atoms with E-state index in [2.05, 4.69) is 10.2 Å². The van der Waals surface area contributed by atoms with Crippen LogP contribution in [0.5, 0.6) is 0 Å². The Hall–Kier alpha value is -1.70. The second kappa shape index (κ2) is 4.52. The molecule has 18 heavy (non-hydrogen) atoms. The van der Waals surface area contributed by atoms with Crippen LogP contribution in [0.15, 0.2) is 17.4 Å². The number of aromatic nitrogens is 2. The van der Waals surface area contributed by atoms with Gasteiger partial charge in [0, 0.05) is 19.5 Å². The summed E-state index contributed by atoms with van der Waals surface area (Å²) in [4.78, 5) is 11.7. The molecule has 0 aromatic carbocycles. The largest absolute Gasteiger partial charge is 0.273 e. The number of sulfone groups is 1. The molecule has 0 aliphatic carbocycles. The van der Waals surface area contributed by atoms with Crippen molar-refractivity contribution in [1.82, 2.24) is 14.8 Å². The molecule has 0 saturated carbocycles. The van der Waals surface area contributed by atoms with Crippen LogP contribution in [0.2, 0.25) is 0 Å². The third-order valence-corrected chi connectivity index (χ3v) is 3.56. The Balaban J connectivity index is 2.13. The lowest BCUT2D eigenvalue weighted by Gasteiger charge is -2.09. The van der Waals surface area contributed by atoms with E-state index in [1.807, 2.05) is 0 Å². The Labute approximate surface area is 105 Å². The van der Waals surface area contributed by atoms with Gasteiger partial charge in [0.2, 0.25) is 5.91 Å². The molecule has 98 valence electrons. The van der Waals surface area contributed by atoms with Gasteiger partial charge in [0.15, 0.2) is 0 Å². The van der Waals surface area contributed by atoms with Gasteiger partial charge in [0.25, 0.3) is 0 Å². The minimum Gasteiger partial charge on any atom is -0.273 e. The average Bonchev–Trinajstić information content (AvgIpc) is 2.81. The van der Waals surface area contributed by atoms with Gasteiger partial charge in [-0.15, -0.1) is 0 Å². The molecule has 1 aliphatic rings. The van der Waals surface area contributed by atoms with Gasteiger partial charge in [-0.2, -0.15) is 10.2 Å². The van der Waals surface area contributed by atoms with Crippen LogP contribution in [0.4, 0.5) is 0 Å². The minimum atomic E-state index is -3.10. The molecule has 0 radical (unpaired) electrons. The molecule has 1 aliphatic heterocycles. The molecule has 0 unspecified atom stereocenters. The lowest BCUT2D eigenvalue weighted by molar-refractivity contribution is -0.128. The number of nitrogens with zero attached hydrogens (tertiary/aromatic N) is 4. The van der Waals surface area contributed by atoms with Crippen LogP contribution in [0.1, 0.15) is 12.1 Å². The first kappa shape index (κ1) is 12.7. The topological polar surface area (TPSA) is 84.6 Å². The summed E-state index contributed by atoms with van der Waals surface area (Å²) < 4.78 is 23.7. The number of amides is 1. The molecule has 0 spiro atoms. The Morgan fingerprint density at radius 1 is 1.44 bits per heavy atom. The number of hydrogen-bond acceptors (Lipinski definition) is 5. The van der Waals surface area contributed by atoms with E-state index in [9.17, 15) is 13.2 Å². The summed E-state index contributed by atoms with van der Waals surface area (Å²) in [6.07, 6.45) is 2.95. The summed E-state index contributed by atoms with van der Waals surface area (Å²) in [5, 5.41) is 9.37. The van der Waals surface area contributed by atoms with E-state index in [-0.39, 0.29) is 24.6 Å². The van der Waals surface area contributed by atoms with E-state index in [4.69, 9.17) is 0 Å². The lowest BCUT2D eigenvalue weighted by atomic mass is 10.2. The fourth-order valence-electron chi connectivity index (χ4n) is 1.70. The van der Waals surface area contributed by atoms with Crippen molar-refractivity contribution in [2.45, 2.75) is 6.42 Å². The standard InChI is InChI=1S/C10H14N4O3S/c1-13-9(3-4-11-13)8-7-10(15)14(12-8)5-6-18(2,16)17/h3-4H,5-7H2,1-2H3. The first-order valence-corrected chi connectivity index (χ1v) is 7.47. The fraction of sp³-hybridized carbons (Fsp3) is 0.500. The van der Waals surface area contributed by atoms with Crippen LogP contribution in [0, 0.1) is 0 Å². The summed E-state index contributed by atoms with van der Waals surface area (Å²) in [5.41, 5.74) is 1.39. The van der Waals surface area contributed by atoms with Crippen molar-refractivity contribution >= 4 is 21.5 Å². The Bertz CT molecular complexity index is 602. The van der Waals surface area contributed by atoms with Crippen molar-refractivity contribution in [1.29, 1.82) is 0 Å². The highest BCUT2D eigenvalue weighted by Crippen LogP contribution is 2.14. The third-order valence-electron chi connectivity index (χ3n) is 2.64. The van der Waals surface area contributed by atoms with Crippen molar-refractivity contribution < 1.29 is 13.2 Å². The van der Waals surface area contributed by atoms with Gasteiger partial charge in [-0.3, -0.25) is 9.48 Å². The van der Waals surface area contributed by atoms with Crippen LogP contribution in [0.25, 0.3) is 0 Å². The monoisotopic (exact) mass is 270 g/mol. The SMILES string of the molecule is Cn1nccc1C1=NN(CCS(C)(=O)=O)C(=O)C1. The molecule has 8 heteroatoms. The van der Waals surface area contributed by atoms with Crippen molar-refractivity contribution in [2.24, 2.45) is 12.1 Å². The average molecular weight is 270 g/mol. The first-order chi connectivity index (χ1) is 8.37.